The van der Waals surface area contributed by atoms with Gasteiger partial charge >= 0.3 is 6.01 Å². The van der Waals surface area contributed by atoms with E-state index in [1.165, 1.54) is 7.11 Å². The number of rotatable bonds is 11. The summed E-state index contributed by atoms with van der Waals surface area (Å²) < 4.78 is 20.1. The number of ether oxygens (including phenoxy) is 1. The van der Waals surface area contributed by atoms with Gasteiger partial charge in [-0.15, -0.1) is 0 Å². The van der Waals surface area contributed by atoms with Crippen LogP contribution in [-0.4, -0.2) is 95.3 Å². The fourth-order valence-electron chi connectivity index (χ4n) is 5.86. The molecule has 2 aromatic carbocycles. The van der Waals surface area contributed by atoms with Crippen molar-refractivity contribution < 1.29 is 13.9 Å². The molecule has 0 radical (unpaired) electrons. The minimum Gasteiger partial charge on any atom is -0.467 e. The summed E-state index contributed by atoms with van der Waals surface area (Å²) in [7, 11) is 3.38. The van der Waals surface area contributed by atoms with Crippen molar-refractivity contribution in [2.45, 2.75) is 32.7 Å². The maximum absolute atomic E-state index is 13.4. The fraction of sp³-hybridized carbons (Fsp3) is 0.438. The smallest absolute Gasteiger partial charge is 0.320 e. The Bertz CT molecular complexity index is 1600. The van der Waals surface area contributed by atoms with Crippen LogP contribution in [0.4, 0.5) is 10.2 Å². The van der Waals surface area contributed by atoms with Crippen molar-refractivity contribution in [3.05, 3.63) is 75.0 Å². The van der Waals surface area contributed by atoms with Gasteiger partial charge in [-0.05, 0) is 56.6 Å². The summed E-state index contributed by atoms with van der Waals surface area (Å²) in [6.07, 6.45) is 2.44. The minimum absolute atomic E-state index is 0.00368. The third-order valence-corrected chi connectivity index (χ3v) is 8.86. The lowest BCUT2D eigenvalue weighted by atomic mass is 9.94. The first-order valence-corrected chi connectivity index (χ1v) is 15.5. The number of aromatic nitrogens is 4. The molecular formula is C32H38Cl2FN7O2. The lowest BCUT2D eigenvalue weighted by molar-refractivity contribution is 0.0782. The number of aryl methyl sites for hydroxylation is 3. The van der Waals surface area contributed by atoms with Gasteiger partial charge in [-0.2, -0.15) is 9.97 Å². The zero-order valence-electron chi connectivity index (χ0n) is 25.6. The van der Waals surface area contributed by atoms with Crippen LogP contribution in [0.1, 0.15) is 39.4 Å². The molecule has 2 aromatic heterocycles. The van der Waals surface area contributed by atoms with Crippen molar-refractivity contribution in [3.63, 3.8) is 0 Å². The number of amides is 1. The van der Waals surface area contributed by atoms with E-state index in [-0.39, 0.29) is 24.4 Å². The predicted molar refractivity (Wildman–Crippen MR) is 173 cm³/mol. The Morgan fingerprint density at radius 3 is 2.41 bits per heavy atom. The first-order chi connectivity index (χ1) is 21.2. The first kappa shape index (κ1) is 31.9. The van der Waals surface area contributed by atoms with E-state index in [4.69, 9.17) is 27.9 Å². The zero-order valence-corrected chi connectivity index (χ0v) is 27.1. The summed E-state index contributed by atoms with van der Waals surface area (Å²) in [6, 6.07) is 11.9. The van der Waals surface area contributed by atoms with Gasteiger partial charge in [-0.25, -0.2) is 9.37 Å². The third-order valence-electron chi connectivity index (χ3n) is 8.12. The average Bonchev–Trinajstić information content (AvgIpc) is 3.42. The van der Waals surface area contributed by atoms with Crippen LogP contribution >= 0.6 is 23.2 Å². The molecule has 0 aliphatic carbocycles. The zero-order chi connectivity index (χ0) is 31.4. The summed E-state index contributed by atoms with van der Waals surface area (Å²) in [5, 5.41) is 1.02. The van der Waals surface area contributed by atoms with Crippen molar-refractivity contribution in [2.24, 2.45) is 0 Å². The van der Waals surface area contributed by atoms with Crippen LogP contribution in [0.3, 0.4) is 0 Å². The van der Waals surface area contributed by atoms with Crippen molar-refractivity contribution in [2.75, 3.05) is 65.0 Å². The van der Waals surface area contributed by atoms with E-state index < -0.39 is 6.67 Å². The normalized spacial score (nSPS) is 14.7. The molecule has 1 fully saturated rings. The second-order valence-corrected chi connectivity index (χ2v) is 12.2. The highest BCUT2D eigenvalue weighted by molar-refractivity contribution is 6.42. The van der Waals surface area contributed by atoms with E-state index in [2.05, 4.69) is 30.8 Å². The predicted octanol–water partition coefficient (Wildman–Crippen LogP) is 5.80. The molecule has 3 heterocycles. The number of hydrogen-bond acceptors (Lipinski definition) is 7. The summed E-state index contributed by atoms with van der Waals surface area (Å²) in [4.78, 5) is 33.3. The summed E-state index contributed by atoms with van der Waals surface area (Å²) in [5.41, 5.74) is 5.09. The highest BCUT2D eigenvalue weighted by Crippen LogP contribution is 2.30. The standard InChI is InChI=1S/C32H38Cl2FN7O2/c1-21-15-22(2)17-25(16-21)31(43)39(3)19-24(23-5-6-26(33)27(34)18-23)7-9-40-11-13-41(14-12-40)29-28-30(38-32(37-29)44-4)42(10-8-35)20-36-28/h5-6,15-18,20,24H,7-14,19H2,1-4H3/t24-/m1/s1. The molecule has 4 aromatic rings. The van der Waals surface area contributed by atoms with Gasteiger partial charge in [0.25, 0.3) is 5.91 Å². The van der Waals surface area contributed by atoms with E-state index in [0.717, 1.165) is 55.8 Å². The van der Waals surface area contributed by atoms with Crippen molar-refractivity contribution in [1.82, 2.24) is 29.3 Å². The molecule has 9 nitrogen and oxygen atoms in total. The number of likely N-dealkylation sites (N-methyl/N-ethyl adjacent to an activating group) is 1. The molecule has 1 saturated heterocycles. The van der Waals surface area contributed by atoms with Crippen LogP contribution < -0.4 is 9.64 Å². The molecule has 0 bridgehead atoms. The van der Waals surface area contributed by atoms with Gasteiger partial charge in [-0.1, -0.05) is 46.5 Å². The van der Waals surface area contributed by atoms with E-state index >= 15 is 0 Å². The number of nitrogens with zero attached hydrogens (tertiary/aromatic N) is 7. The number of alkyl halides is 1. The number of methoxy groups -OCH3 is 1. The van der Waals surface area contributed by atoms with E-state index in [0.29, 0.717) is 39.1 Å². The third kappa shape index (κ3) is 7.25. The number of carbonyl (C=O) groups excluding carboxylic acids is 1. The number of carbonyl (C=O) groups is 1. The Balaban J connectivity index is 1.27. The Morgan fingerprint density at radius 2 is 1.75 bits per heavy atom. The number of anilines is 1. The Kier molecular flexibility index (Phi) is 10.2. The molecular weight excluding hydrogens is 604 g/mol. The molecule has 0 saturated carbocycles. The molecule has 1 atom stereocenters. The molecule has 234 valence electrons. The first-order valence-electron chi connectivity index (χ1n) is 14.8. The molecule has 0 unspecified atom stereocenters. The van der Waals surface area contributed by atoms with Crippen molar-refractivity contribution in [1.29, 1.82) is 0 Å². The molecule has 0 N–H and O–H groups in total. The molecule has 1 amide bonds. The Labute approximate surface area is 267 Å². The Hall–Kier alpha value is -3.47. The van der Waals surface area contributed by atoms with Crippen LogP contribution in [0.2, 0.25) is 10.0 Å². The fourth-order valence-corrected chi connectivity index (χ4v) is 6.17. The van der Waals surface area contributed by atoms with E-state index in [1.54, 1.807) is 15.8 Å². The number of benzene rings is 2. The minimum atomic E-state index is -0.509. The van der Waals surface area contributed by atoms with Gasteiger partial charge in [0.05, 0.1) is 30.0 Å². The van der Waals surface area contributed by atoms with Gasteiger partial charge in [0.2, 0.25) is 0 Å². The monoisotopic (exact) mass is 641 g/mol. The summed E-state index contributed by atoms with van der Waals surface area (Å²) >= 11 is 12.7. The highest BCUT2D eigenvalue weighted by Gasteiger charge is 2.25. The van der Waals surface area contributed by atoms with Crippen molar-refractivity contribution in [3.8, 4) is 6.01 Å². The molecule has 5 rings (SSSR count). The lowest BCUT2D eigenvalue weighted by Crippen LogP contribution is -2.47. The largest absolute Gasteiger partial charge is 0.467 e. The van der Waals surface area contributed by atoms with Crippen LogP contribution in [-0.2, 0) is 6.54 Å². The summed E-state index contributed by atoms with van der Waals surface area (Å²) in [6.45, 7) is 8.20. The lowest BCUT2D eigenvalue weighted by Gasteiger charge is -2.36. The maximum Gasteiger partial charge on any atom is 0.320 e. The van der Waals surface area contributed by atoms with Crippen LogP contribution in [0, 0.1) is 13.8 Å². The summed E-state index contributed by atoms with van der Waals surface area (Å²) in [5.74, 6) is 0.758. The number of imidazole rings is 1. The van der Waals surface area contributed by atoms with Gasteiger partial charge in [0.15, 0.2) is 17.0 Å². The van der Waals surface area contributed by atoms with Crippen LogP contribution in [0.5, 0.6) is 6.01 Å². The number of halogens is 3. The van der Waals surface area contributed by atoms with Gasteiger partial charge < -0.3 is 19.1 Å². The van der Waals surface area contributed by atoms with Gasteiger partial charge in [-0.3, -0.25) is 9.69 Å². The second-order valence-electron chi connectivity index (χ2n) is 11.4. The molecule has 12 heteroatoms. The highest BCUT2D eigenvalue weighted by atomic mass is 35.5. The van der Waals surface area contributed by atoms with E-state index in [9.17, 15) is 9.18 Å². The number of fused-ring (bicyclic) bond motifs is 1. The SMILES string of the molecule is COc1nc(N2CCN(CC[C@H](CN(C)C(=O)c3cc(C)cc(C)c3)c3ccc(Cl)c(Cl)c3)CC2)c2ncn(CCF)c2n1. The molecule has 44 heavy (non-hydrogen) atoms. The topological polar surface area (TPSA) is 79.6 Å². The maximum atomic E-state index is 13.4. The molecule has 1 aliphatic heterocycles. The van der Waals surface area contributed by atoms with Crippen LogP contribution in [0.25, 0.3) is 11.2 Å². The average molecular weight is 643 g/mol. The molecule has 1 aliphatic rings. The second kappa shape index (κ2) is 14.1. The van der Waals surface area contributed by atoms with Gasteiger partial charge in [0, 0.05) is 51.3 Å². The number of hydrogen-bond donors (Lipinski definition) is 0. The molecule has 0 spiro atoms. The number of piperazine rings is 1. The van der Waals surface area contributed by atoms with E-state index in [1.807, 2.05) is 51.2 Å². The van der Waals surface area contributed by atoms with Crippen LogP contribution in [0.15, 0.2) is 42.7 Å². The quantitative estimate of drug-likeness (QED) is 0.205. The van der Waals surface area contributed by atoms with Gasteiger partial charge in [0.1, 0.15) is 6.67 Å². The van der Waals surface area contributed by atoms with Crippen molar-refractivity contribution >= 4 is 46.1 Å². The Morgan fingerprint density at radius 1 is 1.02 bits per heavy atom.